The van der Waals surface area contributed by atoms with Crippen LogP contribution in [0.4, 0.5) is 16.2 Å². The lowest BCUT2D eigenvalue weighted by molar-refractivity contribution is -0.122. The van der Waals surface area contributed by atoms with Crippen LogP contribution in [-0.4, -0.2) is 38.9 Å². The minimum Gasteiger partial charge on any atom is -0.497 e. The molecule has 0 aliphatic carbocycles. The number of nitrogens with one attached hydrogen (secondary N) is 2. The van der Waals surface area contributed by atoms with Crippen molar-refractivity contribution in [3.05, 3.63) is 42.5 Å². The van der Waals surface area contributed by atoms with Crippen LogP contribution in [0.25, 0.3) is 0 Å². The normalized spacial score (nSPS) is 11.1. The van der Waals surface area contributed by atoms with E-state index in [1.807, 2.05) is 0 Å². The van der Waals surface area contributed by atoms with E-state index in [1.54, 1.807) is 56.3 Å². The third kappa shape index (κ3) is 6.08. The SMILES string of the molecule is CCOC(=O)Nc1cccc(O[C@H](C)C(=O)Nc2cc(OC)cc(OC)c2)c1. The summed E-state index contributed by atoms with van der Waals surface area (Å²) < 4.78 is 20.9. The van der Waals surface area contributed by atoms with Gasteiger partial charge in [0.05, 0.1) is 20.8 Å². The van der Waals surface area contributed by atoms with Crippen LogP contribution in [0.1, 0.15) is 13.8 Å². The Morgan fingerprint density at radius 2 is 1.57 bits per heavy atom. The first-order valence-electron chi connectivity index (χ1n) is 8.69. The highest BCUT2D eigenvalue weighted by atomic mass is 16.5. The Bertz CT molecular complexity index is 802. The minimum absolute atomic E-state index is 0.272. The van der Waals surface area contributed by atoms with Crippen molar-refractivity contribution in [2.24, 2.45) is 0 Å². The predicted octanol–water partition coefficient (Wildman–Crippen LogP) is 3.68. The monoisotopic (exact) mass is 388 g/mol. The minimum atomic E-state index is -0.782. The highest BCUT2D eigenvalue weighted by Crippen LogP contribution is 2.26. The zero-order valence-electron chi connectivity index (χ0n) is 16.3. The van der Waals surface area contributed by atoms with Gasteiger partial charge in [0.15, 0.2) is 6.10 Å². The van der Waals surface area contributed by atoms with Gasteiger partial charge < -0.3 is 24.3 Å². The van der Waals surface area contributed by atoms with E-state index < -0.39 is 12.2 Å². The summed E-state index contributed by atoms with van der Waals surface area (Å²) in [4.78, 5) is 24.0. The number of ether oxygens (including phenoxy) is 4. The summed E-state index contributed by atoms with van der Waals surface area (Å²) in [6.07, 6.45) is -1.34. The molecule has 150 valence electrons. The smallest absolute Gasteiger partial charge is 0.411 e. The maximum atomic E-state index is 12.5. The van der Waals surface area contributed by atoms with Crippen LogP contribution in [0.5, 0.6) is 17.2 Å². The second kappa shape index (κ2) is 10.1. The number of carbonyl (C=O) groups excluding carboxylic acids is 2. The maximum Gasteiger partial charge on any atom is 0.411 e. The molecule has 0 spiro atoms. The van der Waals surface area contributed by atoms with Crippen LogP contribution in [0.3, 0.4) is 0 Å². The van der Waals surface area contributed by atoms with Gasteiger partial charge in [-0.3, -0.25) is 10.1 Å². The molecule has 8 heteroatoms. The topological polar surface area (TPSA) is 95.1 Å². The number of carbonyl (C=O) groups is 2. The lowest BCUT2D eigenvalue weighted by atomic mass is 10.2. The number of amides is 2. The molecule has 0 aromatic heterocycles. The molecule has 0 saturated heterocycles. The van der Waals surface area contributed by atoms with Gasteiger partial charge in [-0.2, -0.15) is 0 Å². The summed E-state index contributed by atoms with van der Waals surface area (Å²) in [6.45, 7) is 3.61. The molecule has 28 heavy (non-hydrogen) atoms. The van der Waals surface area contributed by atoms with Crippen molar-refractivity contribution in [2.45, 2.75) is 20.0 Å². The van der Waals surface area contributed by atoms with Gasteiger partial charge in [-0.25, -0.2) is 4.79 Å². The number of benzene rings is 2. The van der Waals surface area contributed by atoms with Crippen LogP contribution >= 0.6 is 0 Å². The molecule has 2 amide bonds. The highest BCUT2D eigenvalue weighted by Gasteiger charge is 2.16. The maximum absolute atomic E-state index is 12.5. The van der Waals surface area contributed by atoms with Crippen molar-refractivity contribution in [3.63, 3.8) is 0 Å². The molecule has 2 rings (SSSR count). The fraction of sp³-hybridized carbons (Fsp3) is 0.300. The third-order valence-electron chi connectivity index (χ3n) is 3.66. The Morgan fingerprint density at radius 1 is 0.929 bits per heavy atom. The fourth-order valence-electron chi connectivity index (χ4n) is 2.31. The number of rotatable bonds is 8. The predicted molar refractivity (Wildman–Crippen MR) is 105 cm³/mol. The van der Waals surface area contributed by atoms with Gasteiger partial charge in [0.2, 0.25) is 0 Å². The number of methoxy groups -OCH3 is 2. The van der Waals surface area contributed by atoms with E-state index in [0.29, 0.717) is 28.6 Å². The van der Waals surface area contributed by atoms with Crippen molar-refractivity contribution in [2.75, 3.05) is 31.5 Å². The lowest BCUT2D eigenvalue weighted by Crippen LogP contribution is -2.30. The fourth-order valence-corrected chi connectivity index (χ4v) is 2.31. The van der Waals surface area contributed by atoms with Gasteiger partial charge in [-0.1, -0.05) is 6.07 Å². The molecule has 0 aliphatic rings. The van der Waals surface area contributed by atoms with Gasteiger partial charge in [0.25, 0.3) is 5.91 Å². The molecular formula is C20H24N2O6. The number of hydrogen-bond donors (Lipinski definition) is 2. The molecule has 0 fully saturated rings. The van der Waals surface area contributed by atoms with Crippen molar-refractivity contribution >= 4 is 23.4 Å². The van der Waals surface area contributed by atoms with Crippen molar-refractivity contribution in [3.8, 4) is 17.2 Å². The van der Waals surface area contributed by atoms with E-state index >= 15 is 0 Å². The standard InChI is InChI=1S/C20H24N2O6/c1-5-27-20(24)22-14-7-6-8-16(9-14)28-13(2)19(23)21-15-10-17(25-3)12-18(11-15)26-4/h6-13H,5H2,1-4H3,(H,21,23)(H,22,24)/t13-/m1/s1. The molecule has 0 bridgehead atoms. The van der Waals surface area contributed by atoms with Crippen LogP contribution in [0, 0.1) is 0 Å². The van der Waals surface area contributed by atoms with Crippen molar-refractivity contribution in [1.82, 2.24) is 0 Å². The first-order valence-corrected chi connectivity index (χ1v) is 8.69. The van der Waals surface area contributed by atoms with Crippen LogP contribution in [0.15, 0.2) is 42.5 Å². The molecule has 1 atom stereocenters. The Kier molecular flexibility index (Phi) is 7.50. The molecule has 2 N–H and O–H groups in total. The summed E-state index contributed by atoms with van der Waals surface area (Å²) in [5, 5.41) is 5.34. The van der Waals surface area contributed by atoms with Gasteiger partial charge in [0.1, 0.15) is 17.2 Å². The second-order valence-corrected chi connectivity index (χ2v) is 5.72. The van der Waals surface area contributed by atoms with Gasteiger partial charge in [-0.15, -0.1) is 0 Å². The average Bonchev–Trinajstić information content (AvgIpc) is 2.67. The average molecular weight is 388 g/mol. The van der Waals surface area contributed by atoms with E-state index in [1.165, 1.54) is 14.2 Å². The summed E-state index contributed by atoms with van der Waals surface area (Å²) >= 11 is 0. The Balaban J connectivity index is 2.01. The van der Waals surface area contributed by atoms with Crippen LogP contribution in [-0.2, 0) is 9.53 Å². The molecule has 0 unspecified atom stereocenters. The second-order valence-electron chi connectivity index (χ2n) is 5.72. The van der Waals surface area contributed by atoms with Crippen molar-refractivity contribution in [1.29, 1.82) is 0 Å². The van der Waals surface area contributed by atoms with E-state index in [4.69, 9.17) is 18.9 Å². The van der Waals surface area contributed by atoms with Gasteiger partial charge >= 0.3 is 6.09 Å². The Morgan fingerprint density at radius 3 is 2.18 bits per heavy atom. The van der Waals surface area contributed by atoms with Crippen LogP contribution < -0.4 is 24.8 Å². The summed E-state index contributed by atoms with van der Waals surface area (Å²) in [6, 6.07) is 11.8. The summed E-state index contributed by atoms with van der Waals surface area (Å²) in [7, 11) is 3.06. The van der Waals surface area contributed by atoms with E-state index in [9.17, 15) is 9.59 Å². The molecule has 2 aromatic rings. The first-order chi connectivity index (χ1) is 13.4. The molecule has 8 nitrogen and oxygen atoms in total. The Hall–Kier alpha value is -3.42. The molecular weight excluding hydrogens is 364 g/mol. The molecule has 0 aliphatic heterocycles. The molecule has 0 heterocycles. The van der Waals surface area contributed by atoms with E-state index in [-0.39, 0.29) is 12.5 Å². The number of hydrogen-bond acceptors (Lipinski definition) is 6. The Labute approximate surface area is 163 Å². The molecule has 0 saturated carbocycles. The zero-order valence-corrected chi connectivity index (χ0v) is 16.3. The third-order valence-corrected chi connectivity index (χ3v) is 3.66. The first kappa shape index (κ1) is 20.9. The van der Waals surface area contributed by atoms with Gasteiger partial charge in [0, 0.05) is 35.6 Å². The lowest BCUT2D eigenvalue weighted by Gasteiger charge is -2.16. The largest absolute Gasteiger partial charge is 0.497 e. The van der Waals surface area contributed by atoms with Crippen LogP contribution in [0.2, 0.25) is 0 Å². The molecule has 2 aromatic carbocycles. The number of anilines is 2. The quantitative estimate of drug-likeness (QED) is 0.716. The molecule has 0 radical (unpaired) electrons. The van der Waals surface area contributed by atoms with E-state index in [2.05, 4.69) is 10.6 Å². The zero-order chi connectivity index (χ0) is 20.5. The van der Waals surface area contributed by atoms with Crippen molar-refractivity contribution < 1.29 is 28.5 Å². The van der Waals surface area contributed by atoms with E-state index in [0.717, 1.165) is 0 Å². The van der Waals surface area contributed by atoms with Gasteiger partial charge in [-0.05, 0) is 26.0 Å². The highest BCUT2D eigenvalue weighted by molar-refractivity contribution is 5.94. The summed E-state index contributed by atoms with van der Waals surface area (Å²) in [5.74, 6) is 1.20. The summed E-state index contributed by atoms with van der Waals surface area (Å²) in [5.41, 5.74) is 1.02.